The summed E-state index contributed by atoms with van der Waals surface area (Å²) in [5.74, 6) is 0.394. The molecule has 1 amide bonds. The number of amides is 1. The van der Waals surface area contributed by atoms with Crippen molar-refractivity contribution in [1.29, 1.82) is 0 Å². The highest BCUT2D eigenvalue weighted by Gasteiger charge is 2.30. The fourth-order valence-electron chi connectivity index (χ4n) is 3.01. The molecule has 2 N–H and O–H groups in total. The van der Waals surface area contributed by atoms with Gasteiger partial charge in [-0.2, -0.15) is 13.2 Å². The molecule has 0 atom stereocenters. The van der Waals surface area contributed by atoms with Crippen molar-refractivity contribution in [3.8, 4) is 0 Å². The second-order valence-corrected chi connectivity index (χ2v) is 6.34. The van der Waals surface area contributed by atoms with Gasteiger partial charge in [0.25, 0.3) is 5.91 Å². The molecule has 1 aromatic heterocycles. The summed E-state index contributed by atoms with van der Waals surface area (Å²) in [6, 6.07) is 6.34. The lowest BCUT2D eigenvalue weighted by atomic mass is 10.2. The standard InChI is InChI=1S/C18H19F3N4O/c1-11-22-15(10-16(23-11)24-13-6-2-3-7-13)17(26)25-14-8-4-5-12(9-14)18(19,20)21/h4-5,8-10,13H,2-3,6-7H2,1H3,(H,25,26)(H,22,23,24). The van der Waals surface area contributed by atoms with Gasteiger partial charge in [0, 0.05) is 17.8 Å². The Morgan fingerprint density at radius 3 is 2.58 bits per heavy atom. The Kier molecular flexibility index (Phi) is 5.11. The molecule has 1 heterocycles. The minimum atomic E-state index is -4.47. The molecule has 3 rings (SSSR count). The summed E-state index contributed by atoms with van der Waals surface area (Å²) in [7, 11) is 0. The molecule has 1 aliphatic rings. The first-order chi connectivity index (χ1) is 12.3. The summed E-state index contributed by atoms with van der Waals surface area (Å²) in [5, 5.41) is 5.75. The van der Waals surface area contributed by atoms with Gasteiger partial charge in [0.05, 0.1) is 5.56 Å². The summed E-state index contributed by atoms with van der Waals surface area (Å²) in [6.45, 7) is 1.67. The number of benzene rings is 1. The Hall–Kier alpha value is -2.64. The zero-order chi connectivity index (χ0) is 18.7. The van der Waals surface area contributed by atoms with Crippen molar-refractivity contribution < 1.29 is 18.0 Å². The Bertz CT molecular complexity index is 801. The van der Waals surface area contributed by atoms with E-state index in [1.807, 2.05) is 0 Å². The van der Waals surface area contributed by atoms with Gasteiger partial charge in [0.2, 0.25) is 0 Å². The molecule has 0 saturated heterocycles. The average Bonchev–Trinajstić information content (AvgIpc) is 3.06. The Balaban J connectivity index is 1.76. The summed E-state index contributed by atoms with van der Waals surface area (Å²) in [5.41, 5.74) is -0.653. The number of anilines is 2. The first-order valence-corrected chi connectivity index (χ1v) is 8.42. The zero-order valence-electron chi connectivity index (χ0n) is 14.2. The van der Waals surface area contributed by atoms with Crippen LogP contribution in [0.2, 0.25) is 0 Å². The van der Waals surface area contributed by atoms with Crippen molar-refractivity contribution in [2.45, 2.75) is 44.8 Å². The number of aryl methyl sites for hydroxylation is 1. The van der Waals surface area contributed by atoms with E-state index < -0.39 is 17.6 Å². The van der Waals surface area contributed by atoms with Crippen LogP contribution in [0.25, 0.3) is 0 Å². The third-order valence-corrected chi connectivity index (χ3v) is 4.23. The minimum Gasteiger partial charge on any atom is -0.367 e. The van der Waals surface area contributed by atoms with Crippen molar-refractivity contribution in [3.05, 3.63) is 47.4 Å². The molecule has 1 saturated carbocycles. The molecule has 8 heteroatoms. The predicted molar refractivity (Wildman–Crippen MR) is 92.0 cm³/mol. The van der Waals surface area contributed by atoms with Crippen LogP contribution in [0.4, 0.5) is 24.7 Å². The number of alkyl halides is 3. The van der Waals surface area contributed by atoms with Crippen LogP contribution in [0.3, 0.4) is 0 Å². The van der Waals surface area contributed by atoms with Crippen LogP contribution in [-0.2, 0) is 6.18 Å². The lowest BCUT2D eigenvalue weighted by molar-refractivity contribution is -0.137. The smallest absolute Gasteiger partial charge is 0.367 e. The van der Waals surface area contributed by atoms with Gasteiger partial charge >= 0.3 is 6.18 Å². The molecule has 0 radical (unpaired) electrons. The third-order valence-electron chi connectivity index (χ3n) is 4.23. The van der Waals surface area contributed by atoms with Crippen molar-refractivity contribution in [2.24, 2.45) is 0 Å². The van der Waals surface area contributed by atoms with Gasteiger partial charge in [0.1, 0.15) is 17.3 Å². The van der Waals surface area contributed by atoms with Crippen LogP contribution in [-0.4, -0.2) is 21.9 Å². The van der Waals surface area contributed by atoms with E-state index >= 15 is 0 Å². The highest BCUT2D eigenvalue weighted by molar-refractivity contribution is 6.03. The Morgan fingerprint density at radius 1 is 1.15 bits per heavy atom. The normalized spacial score (nSPS) is 15.1. The first-order valence-electron chi connectivity index (χ1n) is 8.42. The molecule has 2 aromatic rings. The van der Waals surface area contributed by atoms with Crippen molar-refractivity contribution in [2.75, 3.05) is 10.6 Å². The maximum Gasteiger partial charge on any atom is 0.416 e. The van der Waals surface area contributed by atoms with Gasteiger partial charge in [0.15, 0.2) is 0 Å². The number of aromatic nitrogens is 2. The number of halogens is 3. The molecule has 0 bridgehead atoms. The molecule has 0 spiro atoms. The maximum atomic E-state index is 12.8. The van der Waals surface area contributed by atoms with E-state index in [0.717, 1.165) is 37.8 Å². The molecule has 0 aliphatic heterocycles. The fraction of sp³-hybridized carbons (Fsp3) is 0.389. The Morgan fingerprint density at radius 2 is 1.88 bits per heavy atom. The molecule has 26 heavy (non-hydrogen) atoms. The van der Waals surface area contributed by atoms with Crippen molar-refractivity contribution in [3.63, 3.8) is 0 Å². The first kappa shape index (κ1) is 18.2. The summed E-state index contributed by atoms with van der Waals surface area (Å²) >= 11 is 0. The highest BCUT2D eigenvalue weighted by atomic mass is 19.4. The van der Waals surface area contributed by atoms with E-state index in [1.165, 1.54) is 18.2 Å². The van der Waals surface area contributed by atoms with E-state index in [4.69, 9.17) is 0 Å². The second kappa shape index (κ2) is 7.31. The van der Waals surface area contributed by atoms with E-state index in [9.17, 15) is 18.0 Å². The minimum absolute atomic E-state index is 0.0615. The van der Waals surface area contributed by atoms with Gasteiger partial charge in [-0.15, -0.1) is 0 Å². The SMILES string of the molecule is Cc1nc(NC2CCCC2)cc(C(=O)Nc2cccc(C(F)(F)F)c2)n1. The molecule has 1 aliphatic carbocycles. The van der Waals surface area contributed by atoms with Crippen LogP contribution in [0, 0.1) is 6.92 Å². The van der Waals surface area contributed by atoms with Gasteiger partial charge in [-0.1, -0.05) is 18.9 Å². The number of hydrogen-bond acceptors (Lipinski definition) is 4. The lowest BCUT2D eigenvalue weighted by Gasteiger charge is -2.14. The lowest BCUT2D eigenvalue weighted by Crippen LogP contribution is -2.19. The number of carbonyl (C=O) groups excluding carboxylic acids is 1. The van der Waals surface area contributed by atoms with Crippen LogP contribution in [0.15, 0.2) is 30.3 Å². The van der Waals surface area contributed by atoms with Gasteiger partial charge in [-0.3, -0.25) is 4.79 Å². The van der Waals surface area contributed by atoms with E-state index in [1.54, 1.807) is 6.92 Å². The van der Waals surface area contributed by atoms with Crippen molar-refractivity contribution in [1.82, 2.24) is 9.97 Å². The van der Waals surface area contributed by atoms with Crippen LogP contribution in [0.1, 0.15) is 47.6 Å². The number of carbonyl (C=O) groups is 1. The predicted octanol–water partition coefficient (Wildman–Crippen LogP) is 4.41. The number of hydrogen-bond donors (Lipinski definition) is 2. The molecule has 0 unspecified atom stereocenters. The number of nitrogens with zero attached hydrogens (tertiary/aromatic N) is 2. The molecular formula is C18H19F3N4O. The molecule has 138 valence electrons. The average molecular weight is 364 g/mol. The fourth-order valence-corrected chi connectivity index (χ4v) is 3.01. The number of nitrogens with one attached hydrogen (secondary N) is 2. The van der Waals surface area contributed by atoms with Gasteiger partial charge in [-0.05, 0) is 38.0 Å². The molecule has 5 nitrogen and oxygen atoms in total. The monoisotopic (exact) mass is 364 g/mol. The van der Waals surface area contributed by atoms with Crippen LogP contribution < -0.4 is 10.6 Å². The van der Waals surface area contributed by atoms with E-state index in [2.05, 4.69) is 20.6 Å². The van der Waals surface area contributed by atoms with Gasteiger partial charge < -0.3 is 10.6 Å². The molecular weight excluding hydrogens is 345 g/mol. The molecule has 1 aromatic carbocycles. The Labute approximate surface area is 149 Å². The largest absolute Gasteiger partial charge is 0.416 e. The number of rotatable bonds is 4. The summed E-state index contributed by atoms with van der Waals surface area (Å²) in [4.78, 5) is 20.8. The topological polar surface area (TPSA) is 66.9 Å². The van der Waals surface area contributed by atoms with Crippen LogP contribution in [0.5, 0.6) is 0 Å². The second-order valence-electron chi connectivity index (χ2n) is 6.34. The van der Waals surface area contributed by atoms with Crippen LogP contribution >= 0.6 is 0 Å². The zero-order valence-corrected chi connectivity index (χ0v) is 14.2. The highest BCUT2D eigenvalue weighted by Crippen LogP contribution is 2.30. The van der Waals surface area contributed by atoms with E-state index in [-0.39, 0.29) is 11.4 Å². The maximum absolute atomic E-state index is 12.8. The summed E-state index contributed by atoms with van der Waals surface area (Å²) < 4.78 is 38.4. The quantitative estimate of drug-likeness (QED) is 0.843. The summed E-state index contributed by atoms with van der Waals surface area (Å²) in [6.07, 6.45) is -0.0521. The van der Waals surface area contributed by atoms with Crippen molar-refractivity contribution >= 4 is 17.4 Å². The van der Waals surface area contributed by atoms with Gasteiger partial charge in [-0.25, -0.2) is 9.97 Å². The van der Waals surface area contributed by atoms with E-state index in [0.29, 0.717) is 17.7 Å². The molecule has 1 fully saturated rings. The third kappa shape index (κ3) is 4.50.